The molecular formula is C24H30N6O4. The summed E-state index contributed by atoms with van der Waals surface area (Å²) in [6, 6.07) is 11.3. The molecule has 1 amide bonds. The van der Waals surface area contributed by atoms with Gasteiger partial charge in [0.2, 0.25) is 0 Å². The van der Waals surface area contributed by atoms with Crippen molar-refractivity contribution in [2.45, 2.75) is 46.6 Å². The lowest BCUT2D eigenvalue weighted by molar-refractivity contribution is 0.0979. The van der Waals surface area contributed by atoms with E-state index in [1.54, 1.807) is 30.3 Å². The maximum Gasteiger partial charge on any atom is 0.330 e. The molecule has 0 aliphatic heterocycles. The molecule has 10 nitrogen and oxygen atoms in total. The van der Waals surface area contributed by atoms with E-state index < -0.39 is 22.7 Å². The molecular weight excluding hydrogens is 436 g/mol. The number of benzene rings is 1. The number of nitrogen functional groups attached to an aromatic ring is 1. The van der Waals surface area contributed by atoms with Crippen LogP contribution in [0.3, 0.4) is 0 Å². The Labute approximate surface area is 196 Å². The minimum atomic E-state index is -0.747. The topological polar surface area (TPSA) is 136 Å². The molecule has 10 heteroatoms. The third-order valence-electron chi connectivity index (χ3n) is 5.41. The number of nitrogens with zero attached hydrogens (tertiary/aromatic N) is 4. The van der Waals surface area contributed by atoms with Gasteiger partial charge in [-0.3, -0.25) is 28.8 Å². The van der Waals surface area contributed by atoms with Crippen LogP contribution in [-0.2, 0) is 6.54 Å². The van der Waals surface area contributed by atoms with E-state index in [1.807, 2.05) is 20.8 Å². The van der Waals surface area contributed by atoms with Gasteiger partial charge in [0.15, 0.2) is 5.69 Å². The van der Waals surface area contributed by atoms with E-state index in [2.05, 4.69) is 10.1 Å². The summed E-state index contributed by atoms with van der Waals surface area (Å²) in [4.78, 5) is 54.7. The molecule has 0 saturated heterocycles. The maximum absolute atomic E-state index is 13.6. The standard InChI is InChI=1S/C24H30N6O4/c1-4-5-14-29-21(25)20(22(32)26-24(29)34)28(15-13-16(2)3)23(33)18-11-12-19(31)30(27-18)17-9-7-6-8-10-17/h6-12,16H,4-5,13-15,25H2,1-3H3,(H,26,32,34). The molecule has 0 aliphatic rings. The van der Waals surface area contributed by atoms with Crippen LogP contribution in [-0.4, -0.2) is 31.8 Å². The molecule has 0 aliphatic carbocycles. The number of carbonyl (C=O) groups excluding carboxylic acids is 1. The van der Waals surface area contributed by atoms with Gasteiger partial charge in [0.25, 0.3) is 17.0 Å². The quantitative estimate of drug-likeness (QED) is 0.496. The highest BCUT2D eigenvalue weighted by atomic mass is 16.2. The van der Waals surface area contributed by atoms with Gasteiger partial charge in [-0.25, -0.2) is 4.79 Å². The van der Waals surface area contributed by atoms with Crippen molar-refractivity contribution in [1.82, 2.24) is 19.3 Å². The second kappa shape index (κ2) is 10.8. The number of anilines is 2. The zero-order valence-electron chi connectivity index (χ0n) is 19.7. The molecule has 0 spiro atoms. The lowest BCUT2D eigenvalue weighted by atomic mass is 10.1. The van der Waals surface area contributed by atoms with E-state index in [4.69, 9.17) is 5.73 Å². The highest BCUT2D eigenvalue weighted by Gasteiger charge is 2.26. The minimum Gasteiger partial charge on any atom is -0.383 e. The van der Waals surface area contributed by atoms with Crippen molar-refractivity contribution in [2.75, 3.05) is 17.2 Å². The van der Waals surface area contributed by atoms with E-state index in [0.29, 0.717) is 25.1 Å². The van der Waals surface area contributed by atoms with E-state index in [1.165, 1.54) is 21.6 Å². The third-order valence-corrected chi connectivity index (χ3v) is 5.41. The Bertz CT molecular complexity index is 1320. The number of unbranched alkanes of at least 4 members (excludes halogenated alkanes) is 1. The average Bonchev–Trinajstić information content (AvgIpc) is 2.81. The fourth-order valence-electron chi connectivity index (χ4n) is 3.50. The van der Waals surface area contributed by atoms with E-state index in [9.17, 15) is 19.2 Å². The highest BCUT2D eigenvalue weighted by Crippen LogP contribution is 2.21. The monoisotopic (exact) mass is 466 g/mol. The number of H-pyrrole nitrogens is 1. The van der Waals surface area contributed by atoms with Crippen molar-refractivity contribution in [2.24, 2.45) is 5.92 Å². The number of carbonyl (C=O) groups is 1. The van der Waals surface area contributed by atoms with E-state index in [0.717, 1.165) is 11.1 Å². The molecule has 180 valence electrons. The lowest BCUT2D eigenvalue weighted by Crippen LogP contribution is -2.42. The number of para-hydroxylation sites is 1. The fraction of sp³-hybridized carbons (Fsp3) is 0.375. The van der Waals surface area contributed by atoms with Crippen molar-refractivity contribution in [3.63, 3.8) is 0 Å². The number of aromatic nitrogens is 4. The predicted octanol–water partition coefficient (Wildman–Crippen LogP) is 2.16. The number of hydrogen-bond acceptors (Lipinski definition) is 6. The van der Waals surface area contributed by atoms with Crippen LogP contribution in [0, 0.1) is 5.92 Å². The summed E-state index contributed by atoms with van der Waals surface area (Å²) < 4.78 is 2.40. The van der Waals surface area contributed by atoms with Gasteiger partial charge in [0.1, 0.15) is 11.5 Å². The molecule has 3 N–H and O–H groups in total. The Morgan fingerprint density at radius 2 is 1.82 bits per heavy atom. The Morgan fingerprint density at radius 3 is 2.47 bits per heavy atom. The first-order chi connectivity index (χ1) is 16.2. The van der Waals surface area contributed by atoms with Crippen LogP contribution in [0.2, 0.25) is 0 Å². The van der Waals surface area contributed by atoms with Crippen molar-refractivity contribution < 1.29 is 4.79 Å². The summed E-state index contributed by atoms with van der Waals surface area (Å²) in [6.45, 7) is 6.45. The second-order valence-electron chi connectivity index (χ2n) is 8.44. The summed E-state index contributed by atoms with van der Waals surface area (Å²) in [5.74, 6) is -0.438. The SMILES string of the molecule is CCCCn1c(N)c(N(CCC(C)C)C(=O)c2ccc(=O)n(-c3ccccc3)n2)c(=O)[nH]c1=O. The summed E-state index contributed by atoms with van der Waals surface area (Å²) in [7, 11) is 0. The smallest absolute Gasteiger partial charge is 0.330 e. The molecule has 0 saturated carbocycles. The van der Waals surface area contributed by atoms with Crippen LogP contribution in [0.15, 0.2) is 56.8 Å². The van der Waals surface area contributed by atoms with Gasteiger partial charge in [-0.1, -0.05) is 45.4 Å². The molecule has 0 atom stereocenters. The zero-order valence-corrected chi connectivity index (χ0v) is 19.7. The predicted molar refractivity (Wildman–Crippen MR) is 132 cm³/mol. The fourth-order valence-corrected chi connectivity index (χ4v) is 3.50. The summed E-state index contributed by atoms with van der Waals surface area (Å²) in [6.07, 6.45) is 2.08. The normalized spacial score (nSPS) is 11.1. The Hall–Kier alpha value is -3.95. The molecule has 0 unspecified atom stereocenters. The molecule has 2 heterocycles. The number of aromatic amines is 1. The van der Waals surface area contributed by atoms with Crippen molar-refractivity contribution in [3.05, 3.63) is 79.4 Å². The van der Waals surface area contributed by atoms with Gasteiger partial charge in [-0.05, 0) is 37.0 Å². The molecule has 0 fully saturated rings. The van der Waals surface area contributed by atoms with Crippen LogP contribution >= 0.6 is 0 Å². The molecule has 34 heavy (non-hydrogen) atoms. The Morgan fingerprint density at radius 1 is 1.12 bits per heavy atom. The van der Waals surface area contributed by atoms with Crippen molar-refractivity contribution in [3.8, 4) is 5.69 Å². The molecule has 0 radical (unpaired) electrons. The van der Waals surface area contributed by atoms with Gasteiger partial charge in [-0.2, -0.15) is 9.78 Å². The van der Waals surface area contributed by atoms with Gasteiger partial charge in [-0.15, -0.1) is 0 Å². The van der Waals surface area contributed by atoms with Crippen LogP contribution in [0.4, 0.5) is 11.5 Å². The van der Waals surface area contributed by atoms with Crippen LogP contribution in [0.5, 0.6) is 0 Å². The minimum absolute atomic E-state index is 0.0303. The number of nitrogens with two attached hydrogens (primary N) is 1. The molecule has 3 aromatic rings. The van der Waals surface area contributed by atoms with Crippen LogP contribution in [0.25, 0.3) is 5.69 Å². The second-order valence-corrected chi connectivity index (χ2v) is 8.44. The van der Waals surface area contributed by atoms with Gasteiger partial charge < -0.3 is 5.73 Å². The van der Waals surface area contributed by atoms with Gasteiger partial charge >= 0.3 is 5.69 Å². The third kappa shape index (κ3) is 5.33. The van der Waals surface area contributed by atoms with Crippen molar-refractivity contribution in [1.29, 1.82) is 0 Å². The number of amides is 1. The van der Waals surface area contributed by atoms with Crippen molar-refractivity contribution >= 4 is 17.4 Å². The molecule has 0 bridgehead atoms. The van der Waals surface area contributed by atoms with Crippen LogP contribution in [0.1, 0.15) is 50.5 Å². The highest BCUT2D eigenvalue weighted by molar-refractivity contribution is 6.05. The summed E-state index contributed by atoms with van der Waals surface area (Å²) in [5.41, 5.74) is 4.88. The molecule has 2 aromatic heterocycles. The van der Waals surface area contributed by atoms with E-state index >= 15 is 0 Å². The maximum atomic E-state index is 13.6. The average molecular weight is 467 g/mol. The largest absolute Gasteiger partial charge is 0.383 e. The van der Waals surface area contributed by atoms with Gasteiger partial charge in [0, 0.05) is 19.2 Å². The summed E-state index contributed by atoms with van der Waals surface area (Å²) in [5, 5.41) is 4.26. The number of nitrogens with one attached hydrogen (secondary N) is 1. The number of rotatable bonds is 9. The van der Waals surface area contributed by atoms with E-state index in [-0.39, 0.29) is 29.7 Å². The number of hydrogen-bond donors (Lipinski definition) is 2. The molecule has 3 rings (SSSR count). The summed E-state index contributed by atoms with van der Waals surface area (Å²) >= 11 is 0. The molecule has 1 aromatic carbocycles. The first-order valence-corrected chi connectivity index (χ1v) is 11.3. The van der Waals surface area contributed by atoms with Gasteiger partial charge in [0.05, 0.1) is 5.69 Å². The first kappa shape index (κ1) is 24.7. The first-order valence-electron chi connectivity index (χ1n) is 11.3. The lowest BCUT2D eigenvalue weighted by Gasteiger charge is -2.25. The van der Waals surface area contributed by atoms with Crippen LogP contribution < -0.4 is 27.4 Å². The Kier molecular flexibility index (Phi) is 7.83. The Balaban J connectivity index is 2.13. The zero-order chi connectivity index (χ0) is 24.8.